The summed E-state index contributed by atoms with van der Waals surface area (Å²) in [6, 6.07) is 7.38. The molecular weight excluding hydrogens is 617 g/mol. The second-order valence-electron chi connectivity index (χ2n) is 8.95. The van der Waals surface area contributed by atoms with Crippen LogP contribution < -0.4 is 5.32 Å². The Morgan fingerprint density at radius 1 is 0.850 bits per heavy atom. The second-order valence-corrected chi connectivity index (χ2v) is 10.8. The van der Waals surface area contributed by atoms with Crippen molar-refractivity contribution in [2.24, 2.45) is 5.92 Å². The number of carbonyl (C=O) groups excluding carboxylic acids is 2. The molecule has 0 aliphatic heterocycles. The predicted octanol–water partition coefficient (Wildman–Crippen LogP) is 8.61. The molecule has 0 heterocycles. The third-order valence-electron chi connectivity index (χ3n) is 6.24. The summed E-state index contributed by atoms with van der Waals surface area (Å²) < 4.78 is 106. The van der Waals surface area contributed by atoms with Gasteiger partial charge in [0.05, 0.1) is 22.1 Å². The predicted molar refractivity (Wildman–Crippen MR) is 132 cm³/mol. The van der Waals surface area contributed by atoms with Gasteiger partial charge in [0.25, 0.3) is 0 Å². The summed E-state index contributed by atoms with van der Waals surface area (Å²) in [5.41, 5.74) is -4.54. The van der Waals surface area contributed by atoms with Crippen molar-refractivity contribution in [1.29, 1.82) is 0 Å². The van der Waals surface area contributed by atoms with Crippen LogP contribution in [0.15, 0.2) is 54.6 Å². The molecule has 1 N–H and O–H groups in total. The number of anilines is 1. The number of amides is 1. The summed E-state index contributed by atoms with van der Waals surface area (Å²) >= 11 is 18.3. The molecule has 2 atom stereocenters. The van der Waals surface area contributed by atoms with Gasteiger partial charge in [0.2, 0.25) is 5.91 Å². The summed E-state index contributed by atoms with van der Waals surface area (Å²) in [5, 5.41) is 2.23. The third-order valence-corrected chi connectivity index (χ3v) is 7.51. The summed E-state index contributed by atoms with van der Waals surface area (Å²) in [5.74, 6) is -6.60. The van der Waals surface area contributed by atoms with Crippen molar-refractivity contribution in [3.63, 3.8) is 0 Å². The maximum atomic E-state index is 14.0. The molecular formula is C26H14Cl3F8NO2. The van der Waals surface area contributed by atoms with Crippen molar-refractivity contribution < 1.29 is 44.7 Å². The van der Waals surface area contributed by atoms with E-state index in [0.717, 1.165) is 24.3 Å². The molecule has 3 aromatic carbocycles. The normalized spacial score (nSPS) is 18.4. The Labute approximate surface area is 236 Å². The smallest absolute Gasteiger partial charge is 0.326 e. The van der Waals surface area contributed by atoms with E-state index < -0.39 is 80.5 Å². The van der Waals surface area contributed by atoms with Crippen LogP contribution in [0.5, 0.6) is 0 Å². The number of rotatable bonds is 6. The number of ketones is 1. The number of benzene rings is 3. The molecule has 1 saturated carbocycles. The van der Waals surface area contributed by atoms with Crippen molar-refractivity contribution in [1.82, 2.24) is 0 Å². The number of carbonyl (C=O) groups is 2. The van der Waals surface area contributed by atoms with Gasteiger partial charge in [0.1, 0.15) is 16.0 Å². The average Bonchev–Trinajstić information content (AvgIpc) is 3.43. The van der Waals surface area contributed by atoms with Crippen molar-refractivity contribution in [3.05, 3.63) is 99.1 Å². The largest absolute Gasteiger partial charge is 0.416 e. The van der Waals surface area contributed by atoms with Gasteiger partial charge in [-0.05, 0) is 54.1 Å². The van der Waals surface area contributed by atoms with Crippen molar-refractivity contribution in [2.45, 2.75) is 29.0 Å². The van der Waals surface area contributed by atoms with Gasteiger partial charge in [0, 0.05) is 29.2 Å². The molecule has 3 nitrogen and oxygen atoms in total. The third kappa shape index (κ3) is 6.06. The highest BCUT2D eigenvalue weighted by molar-refractivity contribution is 6.53. The minimum Gasteiger partial charge on any atom is -0.326 e. The summed E-state index contributed by atoms with van der Waals surface area (Å²) in [4.78, 5) is 25.7. The number of alkyl halides is 8. The van der Waals surface area contributed by atoms with Gasteiger partial charge in [-0.25, -0.2) is 8.78 Å². The SMILES string of the molecule is O=C(Cc1c(F)cccc1F)c1cc(NC(=O)C2C(c3cc(C(F)(F)F)cc(C(F)(F)F)c3)C2(Cl)Cl)ccc1Cl. The fourth-order valence-electron chi connectivity index (χ4n) is 4.22. The monoisotopic (exact) mass is 629 g/mol. The lowest BCUT2D eigenvalue weighted by molar-refractivity contribution is -0.143. The fraction of sp³-hybridized carbons (Fsp3) is 0.231. The summed E-state index contributed by atoms with van der Waals surface area (Å²) in [6.45, 7) is 0. The van der Waals surface area contributed by atoms with Crippen LogP contribution in [-0.4, -0.2) is 16.0 Å². The molecule has 0 radical (unpaired) electrons. The van der Waals surface area contributed by atoms with Crippen LogP contribution in [0.1, 0.15) is 38.5 Å². The fourth-order valence-corrected chi connectivity index (χ4v) is 5.27. The highest BCUT2D eigenvalue weighted by atomic mass is 35.5. The molecule has 14 heteroatoms. The zero-order valence-electron chi connectivity index (χ0n) is 19.5. The molecule has 1 aliphatic carbocycles. The first-order chi connectivity index (χ1) is 18.4. The highest BCUT2D eigenvalue weighted by Gasteiger charge is 2.68. The van der Waals surface area contributed by atoms with Gasteiger partial charge in [-0.3, -0.25) is 9.59 Å². The average molecular weight is 631 g/mol. The van der Waals surface area contributed by atoms with Crippen molar-refractivity contribution >= 4 is 52.2 Å². The molecule has 0 spiro atoms. The summed E-state index contributed by atoms with van der Waals surface area (Å²) in [7, 11) is 0. The Hall–Kier alpha value is -2.89. The van der Waals surface area contributed by atoms with E-state index in [4.69, 9.17) is 34.8 Å². The van der Waals surface area contributed by atoms with E-state index >= 15 is 0 Å². The highest BCUT2D eigenvalue weighted by Crippen LogP contribution is 2.65. The van der Waals surface area contributed by atoms with Gasteiger partial charge in [-0.15, -0.1) is 23.2 Å². The van der Waals surface area contributed by atoms with E-state index in [2.05, 4.69) is 5.32 Å². The molecule has 40 heavy (non-hydrogen) atoms. The van der Waals surface area contributed by atoms with Gasteiger partial charge in [0.15, 0.2) is 5.78 Å². The molecule has 1 fully saturated rings. The van der Waals surface area contributed by atoms with Crippen molar-refractivity contribution in [3.8, 4) is 0 Å². The summed E-state index contributed by atoms with van der Waals surface area (Å²) in [6.07, 6.45) is -11.0. The number of nitrogens with one attached hydrogen (secondary N) is 1. The number of Topliss-reactive ketones (excluding diaryl/α,β-unsaturated/α-hetero) is 1. The Bertz CT molecular complexity index is 1450. The lowest BCUT2D eigenvalue weighted by Crippen LogP contribution is -2.18. The molecule has 0 saturated heterocycles. The minimum absolute atomic E-state index is 0.0649. The maximum absolute atomic E-state index is 14.0. The first-order valence-electron chi connectivity index (χ1n) is 11.1. The zero-order chi connectivity index (χ0) is 29.8. The van der Waals surface area contributed by atoms with Gasteiger partial charge < -0.3 is 5.32 Å². The van der Waals surface area contributed by atoms with Gasteiger partial charge in [-0.2, -0.15) is 26.3 Å². The van der Waals surface area contributed by atoms with Crippen LogP contribution >= 0.6 is 34.8 Å². The molecule has 1 amide bonds. The number of halogens is 11. The lowest BCUT2D eigenvalue weighted by atomic mass is 10.0. The Kier molecular flexibility index (Phi) is 7.90. The Balaban J connectivity index is 1.58. The lowest BCUT2D eigenvalue weighted by Gasteiger charge is -2.14. The molecule has 212 valence electrons. The number of hydrogen-bond donors (Lipinski definition) is 1. The molecule has 1 aliphatic rings. The van der Waals surface area contributed by atoms with E-state index in [1.54, 1.807) is 0 Å². The van der Waals surface area contributed by atoms with Crippen LogP contribution in [0.3, 0.4) is 0 Å². The Morgan fingerprint density at radius 3 is 1.93 bits per heavy atom. The first kappa shape index (κ1) is 30.1. The van der Waals surface area contributed by atoms with Gasteiger partial charge >= 0.3 is 12.4 Å². The van der Waals surface area contributed by atoms with Crippen LogP contribution in [0.4, 0.5) is 40.8 Å². The molecule has 2 unspecified atom stereocenters. The quantitative estimate of drug-likeness (QED) is 0.168. The van der Waals surface area contributed by atoms with E-state index in [9.17, 15) is 44.7 Å². The number of hydrogen-bond acceptors (Lipinski definition) is 2. The maximum Gasteiger partial charge on any atom is 0.416 e. The zero-order valence-corrected chi connectivity index (χ0v) is 21.8. The van der Waals surface area contributed by atoms with Crippen LogP contribution in [0.25, 0.3) is 0 Å². The van der Waals surface area contributed by atoms with Crippen LogP contribution in [-0.2, 0) is 23.6 Å². The van der Waals surface area contributed by atoms with Crippen molar-refractivity contribution in [2.75, 3.05) is 5.32 Å². The van der Waals surface area contributed by atoms with Gasteiger partial charge in [-0.1, -0.05) is 17.7 Å². The van der Waals surface area contributed by atoms with Crippen LogP contribution in [0.2, 0.25) is 5.02 Å². The van der Waals surface area contributed by atoms with E-state index in [1.807, 2.05) is 0 Å². The standard InChI is InChI=1S/C26H14Cl3F8NO2/c27-17-5-4-14(9-15(17)20(39)10-16-18(30)2-1-3-19(16)31)38-23(40)22-21(24(22,28)29)11-6-12(25(32,33)34)8-13(7-11)26(35,36)37/h1-9,21-22H,10H2,(H,38,40). The van der Waals surface area contributed by atoms with Crippen LogP contribution in [0, 0.1) is 17.6 Å². The first-order valence-corrected chi connectivity index (χ1v) is 12.3. The minimum atomic E-state index is -5.12. The molecule has 0 bridgehead atoms. The van der Waals surface area contributed by atoms with E-state index in [1.165, 1.54) is 12.1 Å². The molecule has 4 rings (SSSR count). The topological polar surface area (TPSA) is 46.2 Å². The molecule has 0 aromatic heterocycles. The second kappa shape index (κ2) is 10.5. The van der Waals surface area contributed by atoms with E-state index in [-0.39, 0.29) is 22.3 Å². The Morgan fingerprint density at radius 2 is 1.40 bits per heavy atom. The van der Waals surface area contributed by atoms with E-state index in [0.29, 0.717) is 12.1 Å². The molecule has 3 aromatic rings.